The van der Waals surface area contributed by atoms with E-state index in [1.807, 2.05) is 12.2 Å². The normalized spacial score (nSPS) is 8.89. The van der Waals surface area contributed by atoms with Gasteiger partial charge in [-0.1, -0.05) is 12.2 Å². The maximum absolute atomic E-state index is 3.64. The summed E-state index contributed by atoms with van der Waals surface area (Å²) in [6.45, 7) is 7.28. The number of allylic oxidation sites excluding steroid dienone is 2. The Kier molecular flexibility index (Phi) is 7.05. The molecule has 51 valence electrons. The summed E-state index contributed by atoms with van der Waals surface area (Å²) in [6, 6.07) is 0. The Morgan fingerprint density at radius 3 is 1.56 bits per heavy atom. The van der Waals surface area contributed by atoms with Crippen molar-refractivity contribution >= 4 is 0 Å². The molecule has 0 fully saturated rings. The van der Waals surface area contributed by atoms with Crippen LogP contribution in [0.4, 0.5) is 0 Å². The first kappa shape index (κ1) is 8.48. The zero-order valence-electron chi connectivity index (χ0n) is 5.97. The summed E-state index contributed by atoms with van der Waals surface area (Å²) in [6.07, 6.45) is 10.7. The summed E-state index contributed by atoms with van der Waals surface area (Å²) in [5.41, 5.74) is 0. The largest absolute Gasteiger partial charge is 0.103 e. The van der Waals surface area contributed by atoms with Crippen LogP contribution in [0.1, 0.15) is 25.7 Å². The molecule has 9 heavy (non-hydrogen) atoms. The molecular formula is C9H15. The predicted molar refractivity (Wildman–Crippen MR) is 43.2 cm³/mol. The van der Waals surface area contributed by atoms with E-state index < -0.39 is 0 Å². The van der Waals surface area contributed by atoms with Gasteiger partial charge in [0.15, 0.2) is 0 Å². The SMILES string of the molecule is C=CCC[CH]CCC=C. The van der Waals surface area contributed by atoms with Gasteiger partial charge in [-0.2, -0.15) is 0 Å². The summed E-state index contributed by atoms with van der Waals surface area (Å²) in [7, 11) is 0. The lowest BCUT2D eigenvalue weighted by atomic mass is 10.1. The highest BCUT2D eigenvalue weighted by Gasteiger charge is 1.83. The van der Waals surface area contributed by atoms with E-state index in [9.17, 15) is 0 Å². The van der Waals surface area contributed by atoms with Crippen molar-refractivity contribution in [3.8, 4) is 0 Å². The molecule has 0 unspecified atom stereocenters. The highest BCUT2D eigenvalue weighted by Crippen LogP contribution is 2.01. The predicted octanol–water partition coefficient (Wildman–Crippen LogP) is 3.12. The molecule has 0 spiro atoms. The van der Waals surface area contributed by atoms with Gasteiger partial charge in [-0.05, 0) is 32.1 Å². The van der Waals surface area contributed by atoms with E-state index >= 15 is 0 Å². The highest BCUT2D eigenvalue weighted by molar-refractivity contribution is 4.76. The van der Waals surface area contributed by atoms with Gasteiger partial charge < -0.3 is 0 Å². The number of unbranched alkanes of at least 4 members (excludes halogenated alkanes) is 4. The smallest absolute Gasteiger partial charge is 0.0351 e. The fraction of sp³-hybridized carbons (Fsp3) is 0.444. The number of rotatable bonds is 6. The topological polar surface area (TPSA) is 0 Å². The van der Waals surface area contributed by atoms with Crippen molar-refractivity contribution in [1.29, 1.82) is 0 Å². The second-order valence-electron chi connectivity index (χ2n) is 2.02. The average molecular weight is 123 g/mol. The molecule has 0 heteroatoms. The van der Waals surface area contributed by atoms with Gasteiger partial charge in [0.05, 0.1) is 0 Å². The maximum atomic E-state index is 3.64. The molecule has 0 N–H and O–H groups in total. The first-order valence-electron chi connectivity index (χ1n) is 3.45. The van der Waals surface area contributed by atoms with Crippen molar-refractivity contribution in [3.05, 3.63) is 31.7 Å². The third-order valence-corrected chi connectivity index (χ3v) is 1.15. The Labute approximate surface area is 58.3 Å². The molecule has 0 saturated heterocycles. The van der Waals surface area contributed by atoms with Crippen molar-refractivity contribution in [2.45, 2.75) is 25.7 Å². The van der Waals surface area contributed by atoms with Crippen LogP contribution >= 0.6 is 0 Å². The van der Waals surface area contributed by atoms with Crippen LogP contribution in [-0.2, 0) is 0 Å². The van der Waals surface area contributed by atoms with Gasteiger partial charge >= 0.3 is 0 Å². The first-order valence-corrected chi connectivity index (χ1v) is 3.45. The maximum Gasteiger partial charge on any atom is -0.0351 e. The molecule has 0 bridgehead atoms. The third kappa shape index (κ3) is 7.48. The summed E-state index contributed by atoms with van der Waals surface area (Å²) in [5.74, 6) is 0. The molecule has 0 saturated carbocycles. The summed E-state index contributed by atoms with van der Waals surface area (Å²) in [4.78, 5) is 0. The van der Waals surface area contributed by atoms with Crippen molar-refractivity contribution < 1.29 is 0 Å². The molecule has 0 nitrogen and oxygen atoms in total. The minimum absolute atomic E-state index is 1.11. The zero-order valence-corrected chi connectivity index (χ0v) is 5.97. The highest BCUT2D eigenvalue weighted by atomic mass is 13.9. The van der Waals surface area contributed by atoms with Crippen LogP contribution in [-0.4, -0.2) is 0 Å². The van der Waals surface area contributed by atoms with Crippen LogP contribution in [0.15, 0.2) is 25.3 Å². The summed E-state index contributed by atoms with van der Waals surface area (Å²) < 4.78 is 0. The van der Waals surface area contributed by atoms with E-state index in [0.717, 1.165) is 25.7 Å². The van der Waals surface area contributed by atoms with Gasteiger partial charge in [0.25, 0.3) is 0 Å². The molecule has 0 aromatic heterocycles. The molecule has 0 rings (SSSR count). The third-order valence-electron chi connectivity index (χ3n) is 1.15. The molecule has 0 aliphatic heterocycles. The molecular weight excluding hydrogens is 108 g/mol. The minimum atomic E-state index is 1.11. The van der Waals surface area contributed by atoms with Crippen molar-refractivity contribution in [1.82, 2.24) is 0 Å². The first-order chi connectivity index (χ1) is 4.41. The lowest BCUT2D eigenvalue weighted by molar-refractivity contribution is 0.859. The molecule has 1 radical (unpaired) electrons. The van der Waals surface area contributed by atoms with E-state index in [-0.39, 0.29) is 0 Å². The quantitative estimate of drug-likeness (QED) is 0.376. The van der Waals surface area contributed by atoms with Crippen LogP contribution in [0.5, 0.6) is 0 Å². The van der Waals surface area contributed by atoms with E-state index in [1.54, 1.807) is 0 Å². The van der Waals surface area contributed by atoms with Crippen LogP contribution in [0.2, 0.25) is 0 Å². The lowest BCUT2D eigenvalue weighted by Gasteiger charge is -1.92. The summed E-state index contributed by atoms with van der Waals surface area (Å²) >= 11 is 0. The van der Waals surface area contributed by atoms with Crippen molar-refractivity contribution in [2.24, 2.45) is 0 Å². The number of hydrogen-bond acceptors (Lipinski definition) is 0. The number of hydrogen-bond donors (Lipinski definition) is 0. The Morgan fingerprint density at radius 2 is 1.22 bits per heavy atom. The second kappa shape index (κ2) is 7.48. The molecule has 0 heterocycles. The van der Waals surface area contributed by atoms with Gasteiger partial charge in [-0.25, -0.2) is 0 Å². The van der Waals surface area contributed by atoms with Gasteiger partial charge in [0, 0.05) is 0 Å². The Morgan fingerprint density at radius 1 is 0.778 bits per heavy atom. The molecule has 0 aliphatic rings. The Bertz CT molecular complexity index is 62.1. The average Bonchev–Trinajstić information content (AvgIpc) is 1.89. The molecule has 0 aromatic rings. The van der Waals surface area contributed by atoms with Crippen LogP contribution < -0.4 is 0 Å². The molecule has 0 aromatic carbocycles. The van der Waals surface area contributed by atoms with Crippen LogP contribution in [0, 0.1) is 6.42 Å². The lowest BCUT2D eigenvalue weighted by Crippen LogP contribution is -1.74. The Balaban J connectivity index is 2.74. The van der Waals surface area contributed by atoms with Gasteiger partial charge in [0.2, 0.25) is 0 Å². The Hall–Kier alpha value is -0.520. The van der Waals surface area contributed by atoms with Crippen molar-refractivity contribution in [3.63, 3.8) is 0 Å². The fourth-order valence-corrected chi connectivity index (χ4v) is 0.616. The van der Waals surface area contributed by atoms with E-state index in [2.05, 4.69) is 19.6 Å². The van der Waals surface area contributed by atoms with E-state index in [0.29, 0.717) is 0 Å². The molecule has 0 aliphatic carbocycles. The standard InChI is InChI=1S/C9H15/c1-3-5-7-9-8-6-4-2/h3-4,9H,1-2,5-8H2. The zero-order chi connectivity index (χ0) is 6.95. The minimum Gasteiger partial charge on any atom is -0.103 e. The molecule has 0 amide bonds. The summed E-state index contributed by atoms with van der Waals surface area (Å²) in [5, 5.41) is 0. The van der Waals surface area contributed by atoms with Crippen molar-refractivity contribution in [2.75, 3.05) is 0 Å². The second-order valence-corrected chi connectivity index (χ2v) is 2.02. The van der Waals surface area contributed by atoms with Gasteiger partial charge in [-0.15, -0.1) is 13.2 Å². The fourth-order valence-electron chi connectivity index (χ4n) is 0.616. The van der Waals surface area contributed by atoms with E-state index in [4.69, 9.17) is 0 Å². The van der Waals surface area contributed by atoms with Gasteiger partial charge in [-0.3, -0.25) is 0 Å². The van der Waals surface area contributed by atoms with Crippen LogP contribution in [0.25, 0.3) is 0 Å². The van der Waals surface area contributed by atoms with Crippen LogP contribution in [0.3, 0.4) is 0 Å². The van der Waals surface area contributed by atoms with E-state index in [1.165, 1.54) is 0 Å². The monoisotopic (exact) mass is 123 g/mol. The molecule has 0 atom stereocenters. The van der Waals surface area contributed by atoms with Gasteiger partial charge in [0.1, 0.15) is 0 Å².